The fourth-order valence-electron chi connectivity index (χ4n) is 1.36. The van der Waals surface area contributed by atoms with Gasteiger partial charge < -0.3 is 4.74 Å². The molecule has 0 fully saturated rings. The van der Waals surface area contributed by atoms with E-state index in [1.54, 1.807) is 13.2 Å². The molecule has 15 heavy (non-hydrogen) atoms. The molecule has 0 aliphatic rings. The van der Waals surface area contributed by atoms with E-state index in [2.05, 4.69) is 15.4 Å². The van der Waals surface area contributed by atoms with Crippen LogP contribution in [0.25, 0.3) is 11.3 Å². The van der Waals surface area contributed by atoms with Crippen molar-refractivity contribution in [2.75, 3.05) is 7.11 Å². The number of aromatic amines is 1. The van der Waals surface area contributed by atoms with Gasteiger partial charge in [0.1, 0.15) is 11.4 Å². The average molecular weight is 203 g/mol. The number of methoxy groups -OCH3 is 1. The van der Waals surface area contributed by atoms with Crippen LogP contribution in [0.1, 0.15) is 10.5 Å². The summed E-state index contributed by atoms with van der Waals surface area (Å²) in [5.41, 5.74) is 1.53. The topological polar surface area (TPSA) is 67.9 Å². The van der Waals surface area contributed by atoms with Crippen LogP contribution in [0.4, 0.5) is 0 Å². The van der Waals surface area contributed by atoms with Gasteiger partial charge in [-0.15, -0.1) is 0 Å². The predicted molar refractivity (Wildman–Crippen MR) is 53.8 cm³/mol. The van der Waals surface area contributed by atoms with Crippen LogP contribution < -0.4 is 4.74 Å². The van der Waals surface area contributed by atoms with Crippen molar-refractivity contribution in [2.45, 2.75) is 0 Å². The van der Waals surface area contributed by atoms with Crippen molar-refractivity contribution in [1.29, 1.82) is 0 Å². The highest BCUT2D eigenvalue weighted by Crippen LogP contribution is 2.28. The second kappa shape index (κ2) is 3.91. The SMILES string of the molecule is COc1ccccc1-c1n[nH]nc1C=O. The number of aldehydes is 1. The van der Waals surface area contributed by atoms with Crippen molar-refractivity contribution < 1.29 is 9.53 Å². The third-order valence-electron chi connectivity index (χ3n) is 2.05. The third kappa shape index (κ3) is 1.59. The van der Waals surface area contributed by atoms with E-state index < -0.39 is 0 Å². The Bertz CT molecular complexity index is 479. The van der Waals surface area contributed by atoms with Gasteiger partial charge in [0.25, 0.3) is 0 Å². The lowest BCUT2D eigenvalue weighted by molar-refractivity contribution is 0.111. The third-order valence-corrected chi connectivity index (χ3v) is 2.05. The van der Waals surface area contributed by atoms with Crippen LogP contribution in [0.5, 0.6) is 5.75 Å². The molecule has 2 aromatic rings. The van der Waals surface area contributed by atoms with Crippen LogP contribution in [-0.2, 0) is 0 Å². The maximum Gasteiger partial charge on any atom is 0.172 e. The first-order chi connectivity index (χ1) is 7.36. The summed E-state index contributed by atoms with van der Waals surface area (Å²) in [6.07, 6.45) is 0.658. The van der Waals surface area contributed by atoms with Crippen molar-refractivity contribution >= 4 is 6.29 Å². The van der Waals surface area contributed by atoms with Crippen molar-refractivity contribution in [3.05, 3.63) is 30.0 Å². The van der Waals surface area contributed by atoms with Gasteiger partial charge >= 0.3 is 0 Å². The lowest BCUT2D eigenvalue weighted by Gasteiger charge is -2.04. The fraction of sp³-hybridized carbons (Fsp3) is 0.100. The molecule has 5 heteroatoms. The molecule has 0 radical (unpaired) electrons. The van der Waals surface area contributed by atoms with Gasteiger partial charge in [-0.1, -0.05) is 12.1 Å². The number of benzene rings is 1. The molecule has 1 N–H and O–H groups in total. The smallest absolute Gasteiger partial charge is 0.172 e. The van der Waals surface area contributed by atoms with Crippen LogP contribution >= 0.6 is 0 Å². The Hall–Kier alpha value is -2.17. The number of hydrogen-bond donors (Lipinski definition) is 1. The minimum Gasteiger partial charge on any atom is -0.496 e. The number of H-pyrrole nitrogens is 1. The minimum atomic E-state index is 0.277. The Balaban J connectivity index is 2.58. The van der Waals surface area contributed by atoms with Crippen LogP contribution in [0.2, 0.25) is 0 Å². The Morgan fingerprint density at radius 3 is 2.87 bits per heavy atom. The number of nitrogens with zero attached hydrogens (tertiary/aromatic N) is 2. The molecule has 2 rings (SSSR count). The zero-order valence-electron chi connectivity index (χ0n) is 8.10. The molecule has 76 valence electrons. The van der Waals surface area contributed by atoms with Gasteiger partial charge in [0.15, 0.2) is 12.0 Å². The van der Waals surface area contributed by atoms with Crippen molar-refractivity contribution in [3.8, 4) is 17.0 Å². The highest BCUT2D eigenvalue weighted by atomic mass is 16.5. The summed E-state index contributed by atoms with van der Waals surface area (Å²) >= 11 is 0. The molecule has 0 saturated carbocycles. The molecule has 5 nitrogen and oxygen atoms in total. The highest BCUT2D eigenvalue weighted by molar-refractivity contribution is 5.84. The molecule has 1 aromatic heterocycles. The van der Waals surface area contributed by atoms with Crippen molar-refractivity contribution in [1.82, 2.24) is 15.4 Å². The summed E-state index contributed by atoms with van der Waals surface area (Å²) in [7, 11) is 1.57. The monoisotopic (exact) mass is 203 g/mol. The minimum absolute atomic E-state index is 0.277. The van der Waals surface area contributed by atoms with Gasteiger partial charge in [0, 0.05) is 5.56 Å². The standard InChI is InChI=1S/C10H9N3O2/c1-15-9-5-3-2-4-7(9)10-8(6-14)11-13-12-10/h2-6H,1H3,(H,11,12,13). The summed E-state index contributed by atoms with van der Waals surface area (Å²) in [5, 5.41) is 10.1. The van der Waals surface area contributed by atoms with E-state index >= 15 is 0 Å². The largest absolute Gasteiger partial charge is 0.496 e. The molecule has 0 atom stereocenters. The Morgan fingerprint density at radius 1 is 1.33 bits per heavy atom. The number of aromatic nitrogens is 3. The molecule has 0 aliphatic carbocycles. The van der Waals surface area contributed by atoms with Crippen LogP contribution in [0.15, 0.2) is 24.3 Å². The molecule has 0 spiro atoms. The van der Waals surface area contributed by atoms with Crippen molar-refractivity contribution in [2.24, 2.45) is 0 Å². The van der Waals surface area contributed by atoms with Crippen LogP contribution in [-0.4, -0.2) is 28.8 Å². The van der Waals surface area contributed by atoms with Gasteiger partial charge in [-0.2, -0.15) is 15.4 Å². The summed E-state index contributed by atoms with van der Waals surface area (Å²) < 4.78 is 5.17. The molecule has 1 aromatic carbocycles. The highest BCUT2D eigenvalue weighted by Gasteiger charge is 2.13. The lowest BCUT2D eigenvalue weighted by Crippen LogP contribution is -1.90. The zero-order valence-corrected chi connectivity index (χ0v) is 8.10. The van der Waals surface area contributed by atoms with Gasteiger partial charge in [-0.05, 0) is 12.1 Å². The first-order valence-corrected chi connectivity index (χ1v) is 4.36. The normalized spacial score (nSPS) is 9.93. The summed E-state index contributed by atoms with van der Waals surface area (Å²) in [6.45, 7) is 0. The molecule has 0 bridgehead atoms. The molecule has 0 saturated heterocycles. The Kier molecular flexibility index (Phi) is 2.45. The second-order valence-corrected chi connectivity index (χ2v) is 2.88. The molecule has 0 aliphatic heterocycles. The van der Waals surface area contributed by atoms with E-state index in [9.17, 15) is 4.79 Å². The number of carbonyl (C=O) groups excluding carboxylic acids is 1. The number of nitrogens with one attached hydrogen (secondary N) is 1. The number of rotatable bonds is 3. The quantitative estimate of drug-likeness (QED) is 0.763. The van der Waals surface area contributed by atoms with Gasteiger partial charge in [0.05, 0.1) is 7.11 Å². The van der Waals surface area contributed by atoms with E-state index in [0.29, 0.717) is 17.7 Å². The molecule has 1 heterocycles. The first-order valence-electron chi connectivity index (χ1n) is 4.36. The molecular formula is C10H9N3O2. The van der Waals surface area contributed by atoms with E-state index in [4.69, 9.17) is 4.74 Å². The maximum absolute atomic E-state index is 10.7. The number of para-hydroxylation sites is 1. The first kappa shape index (κ1) is 9.39. The molecular weight excluding hydrogens is 194 g/mol. The van der Waals surface area contributed by atoms with E-state index in [0.717, 1.165) is 5.56 Å². The predicted octanol–water partition coefficient (Wildman–Crippen LogP) is 1.29. The fourth-order valence-corrected chi connectivity index (χ4v) is 1.36. The Morgan fingerprint density at radius 2 is 2.13 bits per heavy atom. The lowest BCUT2D eigenvalue weighted by atomic mass is 10.1. The van der Waals surface area contributed by atoms with Crippen molar-refractivity contribution in [3.63, 3.8) is 0 Å². The van der Waals surface area contributed by atoms with E-state index in [1.165, 1.54) is 0 Å². The van der Waals surface area contributed by atoms with Gasteiger partial charge in [0.2, 0.25) is 0 Å². The van der Waals surface area contributed by atoms with E-state index in [-0.39, 0.29) is 5.69 Å². The number of ether oxygens (including phenoxy) is 1. The van der Waals surface area contributed by atoms with Crippen LogP contribution in [0, 0.1) is 0 Å². The van der Waals surface area contributed by atoms with Gasteiger partial charge in [-0.25, -0.2) is 0 Å². The zero-order chi connectivity index (χ0) is 10.7. The summed E-state index contributed by atoms with van der Waals surface area (Å²) in [5.74, 6) is 0.662. The molecule has 0 amide bonds. The number of carbonyl (C=O) groups is 1. The Labute approximate surface area is 86.1 Å². The molecule has 0 unspecified atom stereocenters. The van der Waals surface area contributed by atoms with Crippen LogP contribution in [0.3, 0.4) is 0 Å². The number of hydrogen-bond acceptors (Lipinski definition) is 4. The van der Waals surface area contributed by atoms with Gasteiger partial charge in [-0.3, -0.25) is 4.79 Å². The maximum atomic E-state index is 10.7. The average Bonchev–Trinajstić information content (AvgIpc) is 2.76. The second-order valence-electron chi connectivity index (χ2n) is 2.88. The summed E-state index contributed by atoms with van der Waals surface area (Å²) in [4.78, 5) is 10.7. The van der Waals surface area contributed by atoms with E-state index in [1.807, 2.05) is 18.2 Å². The summed E-state index contributed by atoms with van der Waals surface area (Å²) in [6, 6.07) is 7.33.